The number of aliphatic hydroxyl groups is 1. The number of carbonyl (C=O) groups is 2. The highest BCUT2D eigenvalue weighted by Gasteiger charge is 2.43. The standard InChI is InChI=1S/C13H22N2O4/c1-7(2)11(12(17)18)14-13(19)15-5-8-3-4-10(16)9(8)6-15/h7-11,16H,3-6H2,1-2H3,(H,14,19)(H,17,18)/t8?,9?,10?,11-/m0/s1. The zero-order chi connectivity index (χ0) is 14.2. The lowest BCUT2D eigenvalue weighted by Gasteiger charge is -2.23. The van der Waals surface area contributed by atoms with Crippen molar-refractivity contribution in [3.63, 3.8) is 0 Å². The second kappa shape index (κ2) is 5.36. The number of nitrogens with zero attached hydrogens (tertiary/aromatic N) is 1. The molecule has 19 heavy (non-hydrogen) atoms. The number of fused-ring (bicyclic) bond motifs is 1. The van der Waals surface area contributed by atoms with Crippen molar-refractivity contribution < 1.29 is 19.8 Å². The van der Waals surface area contributed by atoms with Crippen molar-refractivity contribution in [1.82, 2.24) is 10.2 Å². The number of likely N-dealkylation sites (tertiary alicyclic amines) is 1. The summed E-state index contributed by atoms with van der Waals surface area (Å²) in [5.74, 6) is -0.645. The number of aliphatic hydroxyl groups excluding tert-OH is 1. The summed E-state index contributed by atoms with van der Waals surface area (Å²) >= 11 is 0. The third kappa shape index (κ3) is 2.83. The number of carboxylic acid groups (broad SMARTS) is 1. The van der Waals surface area contributed by atoms with Crippen molar-refractivity contribution >= 4 is 12.0 Å². The third-order valence-corrected chi connectivity index (χ3v) is 4.32. The molecule has 1 saturated carbocycles. The predicted molar refractivity (Wildman–Crippen MR) is 68.6 cm³/mol. The first-order valence-electron chi connectivity index (χ1n) is 6.86. The van der Waals surface area contributed by atoms with Gasteiger partial charge >= 0.3 is 12.0 Å². The maximum atomic E-state index is 12.1. The quantitative estimate of drug-likeness (QED) is 0.697. The van der Waals surface area contributed by atoms with Crippen molar-refractivity contribution in [1.29, 1.82) is 0 Å². The van der Waals surface area contributed by atoms with Crippen molar-refractivity contribution in [2.75, 3.05) is 13.1 Å². The molecule has 0 spiro atoms. The summed E-state index contributed by atoms with van der Waals surface area (Å²) < 4.78 is 0. The zero-order valence-corrected chi connectivity index (χ0v) is 11.4. The highest BCUT2D eigenvalue weighted by molar-refractivity contribution is 5.82. The predicted octanol–water partition coefficient (Wildman–Crippen LogP) is 0.508. The minimum absolute atomic E-state index is 0.158. The van der Waals surface area contributed by atoms with Crippen molar-refractivity contribution in [3.8, 4) is 0 Å². The van der Waals surface area contributed by atoms with E-state index in [2.05, 4.69) is 5.32 Å². The monoisotopic (exact) mass is 270 g/mol. The third-order valence-electron chi connectivity index (χ3n) is 4.32. The highest BCUT2D eigenvalue weighted by Crippen LogP contribution is 2.37. The molecule has 0 aromatic rings. The Labute approximate surface area is 112 Å². The van der Waals surface area contributed by atoms with Gasteiger partial charge in [-0.2, -0.15) is 0 Å². The minimum atomic E-state index is -1.01. The summed E-state index contributed by atoms with van der Waals surface area (Å²) in [6.07, 6.45) is 1.44. The van der Waals surface area contributed by atoms with Crippen LogP contribution in [0, 0.1) is 17.8 Å². The topological polar surface area (TPSA) is 89.9 Å². The molecule has 2 rings (SSSR count). The average Bonchev–Trinajstić information content (AvgIpc) is 2.88. The fourth-order valence-electron chi connectivity index (χ4n) is 3.14. The van der Waals surface area contributed by atoms with Crippen LogP contribution in [0.2, 0.25) is 0 Å². The second-order valence-corrected chi connectivity index (χ2v) is 5.98. The van der Waals surface area contributed by atoms with Gasteiger partial charge in [0.25, 0.3) is 0 Å². The Kier molecular flexibility index (Phi) is 3.99. The van der Waals surface area contributed by atoms with Gasteiger partial charge in [-0.25, -0.2) is 9.59 Å². The number of urea groups is 1. The molecular formula is C13H22N2O4. The van der Waals surface area contributed by atoms with E-state index in [1.165, 1.54) is 0 Å². The van der Waals surface area contributed by atoms with Gasteiger partial charge in [-0.1, -0.05) is 13.8 Å². The minimum Gasteiger partial charge on any atom is -0.480 e. The molecule has 3 N–H and O–H groups in total. The van der Waals surface area contributed by atoms with Gasteiger partial charge in [0.1, 0.15) is 6.04 Å². The Hall–Kier alpha value is -1.30. The smallest absolute Gasteiger partial charge is 0.326 e. The first-order valence-corrected chi connectivity index (χ1v) is 6.86. The van der Waals surface area contributed by atoms with E-state index in [-0.39, 0.29) is 24.0 Å². The number of amides is 2. The largest absolute Gasteiger partial charge is 0.480 e. The van der Waals surface area contributed by atoms with Crippen LogP contribution >= 0.6 is 0 Å². The molecular weight excluding hydrogens is 248 g/mol. The maximum absolute atomic E-state index is 12.1. The molecule has 6 heteroatoms. The molecule has 1 aliphatic heterocycles. The van der Waals surface area contributed by atoms with E-state index in [1.54, 1.807) is 18.7 Å². The number of hydrogen-bond acceptors (Lipinski definition) is 3. The lowest BCUT2D eigenvalue weighted by molar-refractivity contribution is -0.140. The number of aliphatic carboxylic acids is 1. The molecule has 4 atom stereocenters. The van der Waals surface area contributed by atoms with E-state index in [4.69, 9.17) is 5.11 Å². The first-order chi connectivity index (χ1) is 8.90. The normalized spacial score (nSPS) is 31.4. The Balaban J connectivity index is 1.93. The average molecular weight is 270 g/mol. The van der Waals surface area contributed by atoms with Crippen molar-refractivity contribution in [2.45, 2.75) is 38.8 Å². The lowest BCUT2D eigenvalue weighted by atomic mass is 10.00. The maximum Gasteiger partial charge on any atom is 0.326 e. The molecule has 2 amide bonds. The van der Waals surface area contributed by atoms with E-state index < -0.39 is 12.0 Å². The van der Waals surface area contributed by atoms with Crippen LogP contribution in [0.5, 0.6) is 0 Å². The van der Waals surface area contributed by atoms with Gasteiger partial charge in [0.05, 0.1) is 6.10 Å². The summed E-state index contributed by atoms with van der Waals surface area (Å²) in [5, 5.41) is 21.4. The van der Waals surface area contributed by atoms with E-state index in [1.807, 2.05) is 0 Å². The number of nitrogens with one attached hydrogen (secondary N) is 1. The molecule has 108 valence electrons. The van der Waals surface area contributed by atoms with Crippen LogP contribution in [0.1, 0.15) is 26.7 Å². The second-order valence-electron chi connectivity index (χ2n) is 5.98. The number of carbonyl (C=O) groups excluding carboxylic acids is 1. The van der Waals surface area contributed by atoms with Gasteiger partial charge in [-0.15, -0.1) is 0 Å². The summed E-state index contributed by atoms with van der Waals surface area (Å²) in [6, 6.07) is -1.19. The summed E-state index contributed by atoms with van der Waals surface area (Å²) in [7, 11) is 0. The van der Waals surface area contributed by atoms with Gasteiger partial charge in [0, 0.05) is 19.0 Å². The Morgan fingerprint density at radius 3 is 2.47 bits per heavy atom. The van der Waals surface area contributed by atoms with E-state index >= 15 is 0 Å². The molecule has 0 aromatic heterocycles. The summed E-state index contributed by atoms with van der Waals surface area (Å²) in [5.41, 5.74) is 0. The molecule has 0 bridgehead atoms. The number of hydrogen-bond donors (Lipinski definition) is 3. The molecule has 6 nitrogen and oxygen atoms in total. The van der Waals surface area contributed by atoms with Gasteiger partial charge in [0.15, 0.2) is 0 Å². The fourth-order valence-corrected chi connectivity index (χ4v) is 3.14. The molecule has 2 aliphatic rings. The molecule has 0 aromatic carbocycles. The van der Waals surface area contributed by atoms with Crippen LogP contribution in [0.3, 0.4) is 0 Å². The highest BCUT2D eigenvalue weighted by atomic mass is 16.4. The molecule has 2 fully saturated rings. The van der Waals surface area contributed by atoms with Crippen LogP contribution in [0.15, 0.2) is 0 Å². The Morgan fingerprint density at radius 2 is 1.95 bits per heavy atom. The van der Waals surface area contributed by atoms with Gasteiger partial charge in [-0.3, -0.25) is 0 Å². The molecule has 3 unspecified atom stereocenters. The molecule has 1 saturated heterocycles. The summed E-state index contributed by atoms with van der Waals surface area (Å²) in [4.78, 5) is 24.8. The summed E-state index contributed by atoms with van der Waals surface area (Å²) in [6.45, 7) is 4.68. The van der Waals surface area contributed by atoms with Gasteiger partial charge < -0.3 is 20.4 Å². The number of rotatable bonds is 3. The van der Waals surface area contributed by atoms with Crippen LogP contribution in [-0.2, 0) is 4.79 Å². The van der Waals surface area contributed by atoms with Gasteiger partial charge in [-0.05, 0) is 24.7 Å². The number of carboxylic acids is 1. The van der Waals surface area contributed by atoms with Crippen molar-refractivity contribution in [2.24, 2.45) is 17.8 Å². The fraction of sp³-hybridized carbons (Fsp3) is 0.846. The van der Waals surface area contributed by atoms with E-state index in [9.17, 15) is 14.7 Å². The van der Waals surface area contributed by atoms with Crippen molar-refractivity contribution in [3.05, 3.63) is 0 Å². The van der Waals surface area contributed by atoms with Gasteiger partial charge in [0.2, 0.25) is 0 Å². The van der Waals surface area contributed by atoms with Crippen LogP contribution < -0.4 is 5.32 Å². The SMILES string of the molecule is CC(C)[C@H](NC(=O)N1CC2CCC(O)C2C1)C(=O)O. The van der Waals surface area contributed by atoms with Crippen LogP contribution in [0.25, 0.3) is 0 Å². The lowest BCUT2D eigenvalue weighted by Crippen LogP contribution is -2.49. The van der Waals surface area contributed by atoms with Crippen LogP contribution in [0.4, 0.5) is 4.79 Å². The van der Waals surface area contributed by atoms with E-state index in [0.717, 1.165) is 12.8 Å². The van der Waals surface area contributed by atoms with E-state index in [0.29, 0.717) is 19.0 Å². The zero-order valence-electron chi connectivity index (χ0n) is 11.4. The van der Waals surface area contributed by atoms with Crippen LogP contribution in [-0.4, -0.2) is 52.3 Å². The molecule has 0 radical (unpaired) electrons. The molecule has 1 aliphatic carbocycles. The Bertz CT molecular complexity index is 372. The first kappa shape index (κ1) is 14.1. The molecule has 1 heterocycles. The Morgan fingerprint density at radius 1 is 1.26 bits per heavy atom.